The maximum Gasteiger partial charge on any atom is 0.325 e. The number of hydrogen-bond donors (Lipinski definition) is 4. The number of carbonyl (C=O) groups excluding carboxylic acids is 3. The first-order chi connectivity index (χ1) is 15.0. The van der Waals surface area contributed by atoms with Gasteiger partial charge in [0.15, 0.2) is 11.4 Å². The zero-order chi connectivity index (χ0) is 25.2. The maximum absolute atomic E-state index is 13.6. The van der Waals surface area contributed by atoms with Crippen LogP contribution in [-0.2, 0) is 23.9 Å². The van der Waals surface area contributed by atoms with Gasteiger partial charge in [-0.2, -0.15) is 0 Å². The number of ketones is 1. The molecule has 8 atom stereocenters. The van der Waals surface area contributed by atoms with Crippen LogP contribution in [0.5, 0.6) is 0 Å². The van der Waals surface area contributed by atoms with E-state index in [1.165, 1.54) is 19.9 Å². The first-order valence-electron chi connectivity index (χ1n) is 11.4. The average molecular weight is 468 g/mol. The lowest BCUT2D eigenvalue weighted by Crippen LogP contribution is -2.86. The summed E-state index contributed by atoms with van der Waals surface area (Å²) >= 11 is 0. The Morgan fingerprint density at radius 3 is 2.39 bits per heavy atom. The number of esters is 1. The SMILES string of the molecule is C=C[C@@]1(C)CC(=O)[C@]2(O)[C@@]3(C)[C@@H](O)CCC(C)(C)[C@@H]3[C@H](OC(=O)CNC(C)=O)[C@H](O)[C@@]2(C)O1. The van der Waals surface area contributed by atoms with Crippen molar-refractivity contribution in [3.8, 4) is 0 Å². The van der Waals surface area contributed by atoms with Crippen LogP contribution >= 0.6 is 0 Å². The quantitative estimate of drug-likeness (QED) is 0.348. The van der Waals surface area contributed by atoms with E-state index < -0.39 is 76.1 Å². The first-order valence-corrected chi connectivity index (χ1v) is 11.4. The Kier molecular flexibility index (Phi) is 6.15. The van der Waals surface area contributed by atoms with E-state index in [1.54, 1.807) is 13.8 Å². The van der Waals surface area contributed by atoms with Gasteiger partial charge in [-0.3, -0.25) is 14.4 Å². The minimum Gasteiger partial charge on any atom is -0.458 e. The lowest BCUT2D eigenvalue weighted by molar-refractivity contribution is -0.370. The van der Waals surface area contributed by atoms with Crippen molar-refractivity contribution in [2.24, 2.45) is 16.7 Å². The molecular weight excluding hydrogens is 430 g/mol. The second-order valence-electron chi connectivity index (χ2n) is 11.1. The molecule has 0 aromatic rings. The van der Waals surface area contributed by atoms with Crippen LogP contribution in [0.4, 0.5) is 0 Å². The van der Waals surface area contributed by atoms with Crippen molar-refractivity contribution < 1.29 is 39.2 Å². The Labute approximate surface area is 194 Å². The van der Waals surface area contributed by atoms with E-state index in [4.69, 9.17) is 9.47 Å². The van der Waals surface area contributed by atoms with Crippen LogP contribution in [0.1, 0.15) is 60.8 Å². The molecule has 3 rings (SSSR count). The molecule has 3 aliphatic rings. The van der Waals surface area contributed by atoms with Gasteiger partial charge in [0.25, 0.3) is 0 Å². The molecule has 2 aliphatic carbocycles. The number of ether oxygens (including phenoxy) is 2. The molecule has 1 amide bonds. The minimum absolute atomic E-state index is 0.183. The van der Waals surface area contributed by atoms with Crippen molar-refractivity contribution in [1.82, 2.24) is 5.32 Å². The van der Waals surface area contributed by atoms with Crippen LogP contribution in [0.25, 0.3) is 0 Å². The minimum atomic E-state index is -2.26. The van der Waals surface area contributed by atoms with Crippen LogP contribution < -0.4 is 5.32 Å². The van der Waals surface area contributed by atoms with Crippen LogP contribution in [0.3, 0.4) is 0 Å². The molecule has 33 heavy (non-hydrogen) atoms. The van der Waals surface area contributed by atoms with Gasteiger partial charge in [0, 0.05) is 24.7 Å². The molecule has 4 N–H and O–H groups in total. The number of fused-ring (bicyclic) bond motifs is 3. The molecule has 2 saturated carbocycles. The largest absolute Gasteiger partial charge is 0.458 e. The molecule has 0 bridgehead atoms. The number of hydrogen-bond acceptors (Lipinski definition) is 8. The summed E-state index contributed by atoms with van der Waals surface area (Å²) in [6.45, 7) is 13.0. The molecule has 0 radical (unpaired) electrons. The molecule has 0 spiro atoms. The van der Waals surface area contributed by atoms with Gasteiger partial charge in [-0.1, -0.05) is 26.8 Å². The third-order valence-electron chi connectivity index (χ3n) is 8.49. The Balaban J connectivity index is 2.20. The number of nitrogens with one attached hydrogen (secondary N) is 1. The first kappa shape index (κ1) is 25.8. The van der Waals surface area contributed by atoms with Crippen molar-refractivity contribution >= 4 is 17.7 Å². The highest BCUT2D eigenvalue weighted by Crippen LogP contribution is 2.67. The number of aliphatic hydroxyl groups is 3. The summed E-state index contributed by atoms with van der Waals surface area (Å²) in [4.78, 5) is 37.5. The molecule has 9 nitrogen and oxygen atoms in total. The van der Waals surface area contributed by atoms with E-state index in [0.717, 1.165) is 0 Å². The highest BCUT2D eigenvalue weighted by atomic mass is 16.6. The van der Waals surface area contributed by atoms with Gasteiger partial charge in [-0.05, 0) is 32.1 Å². The average Bonchev–Trinajstić information content (AvgIpc) is 2.71. The summed E-state index contributed by atoms with van der Waals surface area (Å²) in [6.07, 6.45) is -1.85. The summed E-state index contributed by atoms with van der Waals surface area (Å²) in [6, 6.07) is 0. The zero-order valence-corrected chi connectivity index (χ0v) is 20.3. The second-order valence-corrected chi connectivity index (χ2v) is 11.1. The highest BCUT2D eigenvalue weighted by Gasteiger charge is 2.81. The zero-order valence-electron chi connectivity index (χ0n) is 20.3. The summed E-state index contributed by atoms with van der Waals surface area (Å²) in [5, 5.41) is 37.4. The van der Waals surface area contributed by atoms with Gasteiger partial charge in [0.05, 0.1) is 11.7 Å². The Morgan fingerprint density at radius 2 is 1.85 bits per heavy atom. The molecule has 0 unspecified atom stereocenters. The summed E-state index contributed by atoms with van der Waals surface area (Å²) in [7, 11) is 0. The van der Waals surface area contributed by atoms with Crippen molar-refractivity contribution in [2.75, 3.05) is 6.54 Å². The Morgan fingerprint density at radius 1 is 1.24 bits per heavy atom. The summed E-state index contributed by atoms with van der Waals surface area (Å²) in [5.74, 6) is -2.55. The highest BCUT2D eigenvalue weighted by molar-refractivity contribution is 5.92. The predicted octanol–water partition coefficient (Wildman–Crippen LogP) is 0.636. The van der Waals surface area contributed by atoms with E-state index in [9.17, 15) is 29.7 Å². The summed E-state index contributed by atoms with van der Waals surface area (Å²) in [5.41, 5.74) is -7.47. The fourth-order valence-electron chi connectivity index (χ4n) is 6.79. The second kappa shape index (κ2) is 7.86. The smallest absolute Gasteiger partial charge is 0.325 e. The van der Waals surface area contributed by atoms with Gasteiger partial charge in [-0.15, -0.1) is 6.58 Å². The monoisotopic (exact) mass is 467 g/mol. The number of rotatable bonds is 4. The van der Waals surface area contributed by atoms with Crippen molar-refractivity contribution in [3.63, 3.8) is 0 Å². The summed E-state index contributed by atoms with van der Waals surface area (Å²) < 4.78 is 12.0. The Hall–Kier alpha value is -1.81. The van der Waals surface area contributed by atoms with E-state index in [1.807, 2.05) is 13.8 Å². The number of aliphatic hydroxyl groups excluding tert-OH is 2. The van der Waals surface area contributed by atoms with Gasteiger partial charge < -0.3 is 30.1 Å². The maximum atomic E-state index is 13.6. The van der Waals surface area contributed by atoms with Crippen molar-refractivity contribution in [2.45, 2.75) is 95.9 Å². The molecule has 1 aliphatic heterocycles. The van der Waals surface area contributed by atoms with Crippen LogP contribution in [0.15, 0.2) is 12.7 Å². The third-order valence-corrected chi connectivity index (χ3v) is 8.49. The van der Waals surface area contributed by atoms with Crippen LogP contribution in [0, 0.1) is 16.7 Å². The van der Waals surface area contributed by atoms with Crippen LogP contribution in [-0.4, -0.2) is 74.6 Å². The number of amides is 1. The molecular formula is C24H37NO8. The lowest BCUT2D eigenvalue weighted by Gasteiger charge is -2.71. The molecule has 186 valence electrons. The van der Waals surface area contributed by atoms with E-state index >= 15 is 0 Å². The van der Waals surface area contributed by atoms with Gasteiger partial charge in [-0.25, -0.2) is 0 Å². The van der Waals surface area contributed by atoms with E-state index in [0.29, 0.717) is 12.8 Å². The van der Waals surface area contributed by atoms with Gasteiger partial charge in [0.1, 0.15) is 24.4 Å². The number of carbonyl (C=O) groups is 3. The fourth-order valence-corrected chi connectivity index (χ4v) is 6.79. The van der Waals surface area contributed by atoms with Gasteiger partial charge >= 0.3 is 5.97 Å². The molecule has 3 fully saturated rings. The number of Topliss-reactive ketones (excluding diaryl/α,β-unsaturated/α-hetero) is 1. The normalized spacial score (nSPS) is 46.5. The topological polar surface area (TPSA) is 142 Å². The van der Waals surface area contributed by atoms with Crippen molar-refractivity contribution in [1.29, 1.82) is 0 Å². The van der Waals surface area contributed by atoms with Crippen LogP contribution in [0.2, 0.25) is 0 Å². The molecule has 9 heteroatoms. The molecule has 1 heterocycles. The van der Waals surface area contributed by atoms with E-state index in [2.05, 4.69) is 11.9 Å². The molecule has 0 aromatic carbocycles. The van der Waals surface area contributed by atoms with Gasteiger partial charge in [0.2, 0.25) is 5.91 Å². The lowest BCUT2D eigenvalue weighted by atomic mass is 9.40. The predicted molar refractivity (Wildman–Crippen MR) is 118 cm³/mol. The third kappa shape index (κ3) is 3.47. The molecule has 0 aromatic heterocycles. The molecule has 1 saturated heterocycles. The Bertz CT molecular complexity index is 873. The standard InChI is InChI=1S/C24H37NO8/c1-8-21(5)11-15(28)24(31)22(6)14(27)9-10-20(3,4)18(22)17(19(30)23(24,7)33-21)32-16(29)12-25-13(2)26/h8,14,17-19,27,30-31H,1,9-12H2,2-7H3,(H,25,26)/t14-,17-,18-,19-,21-,22-,23+,24-/m0/s1. The fraction of sp³-hybridized carbons (Fsp3) is 0.792. The van der Waals surface area contributed by atoms with E-state index in [-0.39, 0.29) is 6.42 Å². The van der Waals surface area contributed by atoms with Crippen molar-refractivity contribution in [3.05, 3.63) is 12.7 Å².